The second-order valence-corrected chi connectivity index (χ2v) is 7.26. The molecular weight excluding hydrogens is 304 g/mol. The Labute approximate surface area is 144 Å². The molecule has 0 unspecified atom stereocenters. The van der Waals surface area contributed by atoms with Gasteiger partial charge < -0.3 is 20.1 Å². The van der Waals surface area contributed by atoms with E-state index in [0.29, 0.717) is 32.7 Å². The van der Waals surface area contributed by atoms with Gasteiger partial charge in [0.05, 0.1) is 25.4 Å². The topological polar surface area (TPSA) is 61.8 Å². The van der Waals surface area contributed by atoms with Crippen molar-refractivity contribution >= 4 is 6.03 Å². The Hall–Kier alpha value is -1.59. The summed E-state index contributed by atoms with van der Waals surface area (Å²) in [4.78, 5) is 14.5. The zero-order valence-electron chi connectivity index (χ0n) is 14.6. The number of carbonyl (C=O) groups excluding carboxylic acids is 1. The number of nitrogens with one attached hydrogen (secondary N) is 1. The molecule has 0 bridgehead atoms. The van der Waals surface area contributed by atoms with E-state index in [9.17, 15) is 9.90 Å². The highest BCUT2D eigenvalue weighted by Crippen LogP contribution is 2.48. The van der Waals surface area contributed by atoms with Crippen molar-refractivity contribution in [3.8, 4) is 0 Å². The van der Waals surface area contributed by atoms with Gasteiger partial charge in [0, 0.05) is 18.5 Å². The van der Waals surface area contributed by atoms with Gasteiger partial charge in [-0.2, -0.15) is 0 Å². The molecule has 1 aliphatic carbocycles. The highest BCUT2D eigenvalue weighted by molar-refractivity contribution is 5.75. The summed E-state index contributed by atoms with van der Waals surface area (Å²) >= 11 is 0. The molecule has 3 rings (SSSR count). The summed E-state index contributed by atoms with van der Waals surface area (Å²) in [5.41, 5.74) is 2.75. The summed E-state index contributed by atoms with van der Waals surface area (Å²) in [5, 5.41) is 12.8. The normalized spacial score (nSPS) is 23.6. The van der Waals surface area contributed by atoms with Crippen LogP contribution >= 0.6 is 0 Å². The van der Waals surface area contributed by atoms with Crippen molar-refractivity contribution in [2.45, 2.75) is 50.7 Å². The molecule has 24 heavy (non-hydrogen) atoms. The SMILES string of the molecule is Cc1ccccc1C1(CNC(=O)N2CCOC[C@H]2C[C@H](C)O)CC1. The molecule has 1 aromatic carbocycles. The van der Waals surface area contributed by atoms with Crippen molar-refractivity contribution < 1.29 is 14.6 Å². The monoisotopic (exact) mass is 332 g/mol. The minimum atomic E-state index is -0.436. The van der Waals surface area contributed by atoms with Crippen molar-refractivity contribution in [2.75, 3.05) is 26.3 Å². The van der Waals surface area contributed by atoms with Crippen LogP contribution in [0.2, 0.25) is 0 Å². The van der Waals surface area contributed by atoms with Crippen LogP contribution in [0.3, 0.4) is 0 Å². The number of carbonyl (C=O) groups is 1. The molecule has 2 fully saturated rings. The third kappa shape index (κ3) is 3.73. The lowest BCUT2D eigenvalue weighted by Gasteiger charge is -2.36. The number of hydrogen-bond donors (Lipinski definition) is 2. The minimum absolute atomic E-state index is 0.0381. The summed E-state index contributed by atoms with van der Waals surface area (Å²) < 4.78 is 5.47. The summed E-state index contributed by atoms with van der Waals surface area (Å²) in [6.45, 7) is 6.21. The standard InChI is InChI=1S/C19H28N2O3/c1-14-5-3-4-6-17(14)19(7-8-19)13-20-18(23)21-9-10-24-12-16(21)11-15(2)22/h3-6,15-16,22H,7-13H2,1-2H3,(H,20,23)/t15-,16+/m0/s1. The van der Waals surface area contributed by atoms with Gasteiger partial charge in [-0.15, -0.1) is 0 Å². The number of aryl methyl sites for hydroxylation is 1. The van der Waals surface area contributed by atoms with Crippen LogP contribution in [0.4, 0.5) is 4.79 Å². The highest BCUT2D eigenvalue weighted by atomic mass is 16.5. The van der Waals surface area contributed by atoms with Crippen molar-refractivity contribution in [1.82, 2.24) is 10.2 Å². The van der Waals surface area contributed by atoms with Crippen LogP contribution in [-0.2, 0) is 10.2 Å². The van der Waals surface area contributed by atoms with Gasteiger partial charge in [0.1, 0.15) is 0 Å². The summed E-state index contributed by atoms with van der Waals surface area (Å²) in [5.74, 6) is 0. The maximum atomic E-state index is 12.7. The fourth-order valence-corrected chi connectivity index (χ4v) is 3.72. The number of morpholine rings is 1. The smallest absolute Gasteiger partial charge is 0.317 e. The number of benzene rings is 1. The molecule has 2 atom stereocenters. The summed E-state index contributed by atoms with van der Waals surface area (Å²) in [6.07, 6.45) is 2.36. The predicted octanol–water partition coefficient (Wildman–Crippen LogP) is 2.21. The minimum Gasteiger partial charge on any atom is -0.393 e. The number of nitrogens with zero attached hydrogens (tertiary/aromatic N) is 1. The molecule has 0 spiro atoms. The molecule has 132 valence electrons. The van der Waals surface area contributed by atoms with E-state index >= 15 is 0 Å². The fraction of sp³-hybridized carbons (Fsp3) is 0.632. The zero-order chi connectivity index (χ0) is 17.2. The van der Waals surface area contributed by atoms with Crippen molar-refractivity contribution in [3.05, 3.63) is 35.4 Å². The van der Waals surface area contributed by atoms with Gasteiger partial charge in [0.15, 0.2) is 0 Å². The fourth-order valence-electron chi connectivity index (χ4n) is 3.72. The van der Waals surface area contributed by atoms with E-state index in [2.05, 4.69) is 36.5 Å². The van der Waals surface area contributed by atoms with E-state index in [1.54, 1.807) is 6.92 Å². The van der Waals surface area contributed by atoms with Crippen LogP contribution in [0.15, 0.2) is 24.3 Å². The van der Waals surface area contributed by atoms with Crippen LogP contribution < -0.4 is 5.32 Å². The first kappa shape index (κ1) is 17.2. The molecule has 1 saturated carbocycles. The number of aliphatic hydroxyl groups excluding tert-OH is 1. The van der Waals surface area contributed by atoms with Crippen LogP contribution in [0.5, 0.6) is 0 Å². The second kappa shape index (κ2) is 7.11. The average molecular weight is 332 g/mol. The molecule has 5 heteroatoms. The molecule has 0 aromatic heterocycles. The van der Waals surface area contributed by atoms with E-state index in [-0.39, 0.29) is 17.5 Å². The predicted molar refractivity (Wildman–Crippen MR) is 93.1 cm³/mol. The number of rotatable bonds is 5. The Morgan fingerprint density at radius 1 is 1.46 bits per heavy atom. The number of urea groups is 1. The van der Waals surface area contributed by atoms with E-state index in [4.69, 9.17) is 4.74 Å². The first-order valence-electron chi connectivity index (χ1n) is 8.88. The van der Waals surface area contributed by atoms with E-state index in [1.165, 1.54) is 11.1 Å². The molecule has 2 amide bonds. The Balaban J connectivity index is 1.61. The third-order valence-corrected chi connectivity index (χ3v) is 5.25. The first-order valence-corrected chi connectivity index (χ1v) is 8.88. The van der Waals surface area contributed by atoms with E-state index < -0.39 is 6.10 Å². The Morgan fingerprint density at radius 2 is 2.21 bits per heavy atom. The van der Waals surface area contributed by atoms with Gasteiger partial charge in [0.2, 0.25) is 0 Å². The number of amides is 2. The van der Waals surface area contributed by atoms with Gasteiger partial charge in [-0.25, -0.2) is 4.79 Å². The molecule has 2 aliphatic rings. The average Bonchev–Trinajstić information content (AvgIpc) is 3.34. The quantitative estimate of drug-likeness (QED) is 0.869. The lowest BCUT2D eigenvalue weighted by molar-refractivity contribution is -0.00438. The molecular formula is C19H28N2O3. The van der Waals surface area contributed by atoms with Gasteiger partial charge in [-0.3, -0.25) is 0 Å². The first-order chi connectivity index (χ1) is 11.5. The van der Waals surface area contributed by atoms with Gasteiger partial charge in [0.25, 0.3) is 0 Å². The molecule has 1 aromatic rings. The maximum absolute atomic E-state index is 12.7. The van der Waals surface area contributed by atoms with Gasteiger partial charge in [-0.05, 0) is 44.2 Å². The van der Waals surface area contributed by atoms with E-state index in [0.717, 1.165) is 12.8 Å². The van der Waals surface area contributed by atoms with Crippen molar-refractivity contribution in [3.63, 3.8) is 0 Å². The molecule has 0 radical (unpaired) electrons. The van der Waals surface area contributed by atoms with Crippen LogP contribution in [0.1, 0.15) is 37.3 Å². The molecule has 5 nitrogen and oxygen atoms in total. The highest BCUT2D eigenvalue weighted by Gasteiger charge is 2.45. The van der Waals surface area contributed by atoms with E-state index in [1.807, 2.05) is 4.90 Å². The Kier molecular flexibility index (Phi) is 5.11. The summed E-state index contributed by atoms with van der Waals surface area (Å²) in [6, 6.07) is 8.36. The number of ether oxygens (including phenoxy) is 1. The third-order valence-electron chi connectivity index (χ3n) is 5.25. The Morgan fingerprint density at radius 3 is 2.88 bits per heavy atom. The lowest BCUT2D eigenvalue weighted by Crippen LogP contribution is -2.54. The number of hydrogen-bond acceptors (Lipinski definition) is 3. The lowest BCUT2D eigenvalue weighted by atomic mass is 9.92. The van der Waals surface area contributed by atoms with Gasteiger partial charge >= 0.3 is 6.03 Å². The molecule has 1 saturated heterocycles. The van der Waals surface area contributed by atoms with Crippen molar-refractivity contribution in [2.24, 2.45) is 0 Å². The zero-order valence-corrected chi connectivity index (χ0v) is 14.6. The van der Waals surface area contributed by atoms with Crippen molar-refractivity contribution in [1.29, 1.82) is 0 Å². The number of aliphatic hydroxyl groups is 1. The van der Waals surface area contributed by atoms with Crippen LogP contribution in [0.25, 0.3) is 0 Å². The van der Waals surface area contributed by atoms with Crippen LogP contribution in [0, 0.1) is 6.92 Å². The molecule has 1 aliphatic heterocycles. The summed E-state index contributed by atoms with van der Waals surface area (Å²) in [7, 11) is 0. The maximum Gasteiger partial charge on any atom is 0.317 e. The largest absolute Gasteiger partial charge is 0.393 e. The molecule has 2 N–H and O–H groups in total. The van der Waals surface area contributed by atoms with Gasteiger partial charge in [-0.1, -0.05) is 24.3 Å². The second-order valence-electron chi connectivity index (χ2n) is 7.26. The Bertz CT molecular complexity index is 584. The van der Waals surface area contributed by atoms with Crippen LogP contribution in [-0.4, -0.2) is 54.5 Å². The molecule has 1 heterocycles.